The minimum absolute atomic E-state index is 0.0895. The summed E-state index contributed by atoms with van der Waals surface area (Å²) in [5.74, 6) is -2.67. The molecule has 0 radical (unpaired) electrons. The molecule has 0 bridgehead atoms. The summed E-state index contributed by atoms with van der Waals surface area (Å²) in [7, 11) is 0. The van der Waals surface area contributed by atoms with Crippen LogP contribution in [-0.2, 0) is 25.6 Å². The van der Waals surface area contributed by atoms with Gasteiger partial charge >= 0.3 is 5.97 Å². The highest BCUT2D eigenvalue weighted by atomic mass is 16.7. The molecule has 1 saturated heterocycles. The van der Waals surface area contributed by atoms with Crippen LogP contribution < -0.4 is 16.1 Å². The summed E-state index contributed by atoms with van der Waals surface area (Å²) in [5.41, 5.74) is 7.29. The minimum atomic E-state index is -0.972. The Balaban J connectivity index is 1.08. The van der Waals surface area contributed by atoms with E-state index in [1.54, 1.807) is 79.7 Å². The predicted octanol–water partition coefficient (Wildman–Crippen LogP) is 4.06. The molecular weight excluding hydrogens is 564 g/mol. The highest BCUT2D eigenvalue weighted by Crippen LogP contribution is 2.34. The van der Waals surface area contributed by atoms with Gasteiger partial charge in [0.2, 0.25) is 5.91 Å². The number of nitriles is 1. The molecule has 2 aliphatic heterocycles. The Labute approximate surface area is 251 Å². The highest BCUT2D eigenvalue weighted by Gasteiger charge is 2.41. The van der Waals surface area contributed by atoms with Gasteiger partial charge in [-0.25, -0.2) is 0 Å². The van der Waals surface area contributed by atoms with Crippen LogP contribution in [0.15, 0.2) is 82.9 Å². The topological polar surface area (TPSA) is 170 Å². The van der Waals surface area contributed by atoms with Gasteiger partial charge in [0, 0.05) is 30.4 Å². The molecule has 3 aromatic carbocycles. The van der Waals surface area contributed by atoms with E-state index in [9.17, 15) is 19.5 Å². The van der Waals surface area contributed by atoms with Crippen molar-refractivity contribution < 1.29 is 28.7 Å². The number of oxazole rings is 1. The van der Waals surface area contributed by atoms with Gasteiger partial charge in [0.25, 0.3) is 11.9 Å². The number of carboxylic acids is 1. The number of benzene rings is 3. The molecule has 0 spiro atoms. The van der Waals surface area contributed by atoms with E-state index in [0.717, 1.165) is 11.1 Å². The Morgan fingerprint density at radius 1 is 1.09 bits per heavy atom. The zero-order chi connectivity index (χ0) is 30.8. The third kappa shape index (κ3) is 6.08. The molecule has 1 aromatic heterocycles. The highest BCUT2D eigenvalue weighted by molar-refractivity contribution is 5.94. The number of aromatic nitrogens is 1. The first-order valence-corrected chi connectivity index (χ1v) is 14.0. The largest absolute Gasteiger partial charge is 0.481 e. The van der Waals surface area contributed by atoms with Crippen LogP contribution in [0.3, 0.4) is 0 Å². The second kappa shape index (κ2) is 11.9. The number of aliphatic carboxylic acids is 1. The number of carboxylic acid groups (broad SMARTS) is 1. The van der Waals surface area contributed by atoms with Gasteiger partial charge in [-0.2, -0.15) is 10.2 Å². The average Bonchev–Trinajstić information content (AvgIpc) is 3.75. The quantitative estimate of drug-likeness (QED) is 0.234. The normalized spacial score (nSPS) is 19.2. The van der Waals surface area contributed by atoms with E-state index in [1.165, 1.54) is 4.90 Å². The fourth-order valence-electron chi connectivity index (χ4n) is 5.43. The molecule has 6 rings (SSSR count). The number of hydrogen-bond acceptors (Lipinski definition) is 9. The Bertz CT molecular complexity index is 1820. The molecule has 4 aromatic rings. The molecule has 44 heavy (non-hydrogen) atoms. The summed E-state index contributed by atoms with van der Waals surface area (Å²) in [6.07, 6.45) is 1.52. The maximum Gasteiger partial charge on any atom is 0.308 e. The van der Waals surface area contributed by atoms with E-state index in [-0.39, 0.29) is 43.4 Å². The van der Waals surface area contributed by atoms with Crippen molar-refractivity contribution in [2.24, 2.45) is 5.92 Å². The number of carbonyl (C=O) groups excluding carboxylic acids is 2. The first-order chi connectivity index (χ1) is 21.2. The summed E-state index contributed by atoms with van der Waals surface area (Å²) < 4.78 is 5.81. The molecule has 222 valence electrons. The number of anilines is 3. The number of hydroxylamine groups is 1. The summed E-state index contributed by atoms with van der Waals surface area (Å²) >= 11 is 0. The number of rotatable bonds is 8. The molecule has 12 nitrogen and oxygen atoms in total. The molecule has 3 unspecified atom stereocenters. The van der Waals surface area contributed by atoms with Crippen molar-refractivity contribution >= 4 is 46.3 Å². The molecule has 3 heterocycles. The number of likely N-dealkylation sites (tertiary alicyclic amines) is 1. The van der Waals surface area contributed by atoms with E-state index < -0.39 is 17.8 Å². The third-order valence-corrected chi connectivity index (χ3v) is 7.59. The van der Waals surface area contributed by atoms with E-state index >= 15 is 0 Å². The molecule has 12 heteroatoms. The van der Waals surface area contributed by atoms with Gasteiger partial charge in [-0.15, -0.1) is 0 Å². The molecule has 2 aliphatic rings. The maximum atomic E-state index is 12.9. The number of amides is 2. The Morgan fingerprint density at radius 2 is 1.91 bits per heavy atom. The molecule has 0 aliphatic carbocycles. The van der Waals surface area contributed by atoms with Crippen LogP contribution in [0.1, 0.15) is 29.5 Å². The van der Waals surface area contributed by atoms with E-state index in [1.807, 2.05) is 0 Å². The van der Waals surface area contributed by atoms with Gasteiger partial charge in [-0.1, -0.05) is 24.3 Å². The van der Waals surface area contributed by atoms with Crippen LogP contribution in [0.2, 0.25) is 0 Å². The molecule has 2 amide bonds. The van der Waals surface area contributed by atoms with Crippen molar-refractivity contribution in [3.63, 3.8) is 0 Å². The summed E-state index contributed by atoms with van der Waals surface area (Å²) in [5, 5.41) is 24.9. The zero-order valence-corrected chi connectivity index (χ0v) is 23.6. The fraction of sp³-hybridized carbons (Fsp3) is 0.219. The van der Waals surface area contributed by atoms with Gasteiger partial charge in [0.15, 0.2) is 5.58 Å². The number of fused-ring (bicyclic) bond motifs is 1. The molecule has 0 saturated carbocycles. The minimum Gasteiger partial charge on any atom is -0.481 e. The summed E-state index contributed by atoms with van der Waals surface area (Å²) in [4.78, 5) is 48.9. The molecule has 4 N–H and O–H groups in total. The monoisotopic (exact) mass is 592 g/mol. The van der Waals surface area contributed by atoms with Crippen molar-refractivity contribution in [3.05, 3.63) is 95.2 Å². The fourth-order valence-corrected chi connectivity index (χ4v) is 5.43. The second-order valence-corrected chi connectivity index (χ2v) is 10.8. The van der Waals surface area contributed by atoms with Crippen LogP contribution in [0.4, 0.5) is 17.4 Å². The second-order valence-electron chi connectivity index (χ2n) is 10.8. The maximum absolute atomic E-state index is 12.9. The van der Waals surface area contributed by atoms with E-state index in [2.05, 4.69) is 27.2 Å². The predicted molar refractivity (Wildman–Crippen MR) is 159 cm³/mol. The number of nitrogens with zero attached hydrogens (tertiary/aromatic N) is 3. The van der Waals surface area contributed by atoms with Crippen molar-refractivity contribution in [2.45, 2.75) is 25.4 Å². The van der Waals surface area contributed by atoms with Gasteiger partial charge in [0.05, 0.1) is 24.0 Å². The van der Waals surface area contributed by atoms with Crippen LogP contribution in [0.25, 0.3) is 11.1 Å². The van der Waals surface area contributed by atoms with Crippen molar-refractivity contribution in [3.8, 4) is 6.07 Å². The summed E-state index contributed by atoms with van der Waals surface area (Å²) in [6.45, 7) is 2.14. The number of hydrogen-bond donors (Lipinski definition) is 4. The molecule has 3 atom stereocenters. The number of carbonyl (C=O) groups is 3. The van der Waals surface area contributed by atoms with Crippen molar-refractivity contribution in [1.82, 2.24) is 15.4 Å². The lowest BCUT2D eigenvalue weighted by Crippen LogP contribution is -2.34. The van der Waals surface area contributed by atoms with Crippen molar-refractivity contribution in [1.29, 1.82) is 5.26 Å². The van der Waals surface area contributed by atoms with Crippen LogP contribution in [0, 0.1) is 17.2 Å². The van der Waals surface area contributed by atoms with Gasteiger partial charge in [-0.05, 0) is 66.6 Å². The van der Waals surface area contributed by atoms with Crippen LogP contribution in [0.5, 0.6) is 0 Å². The van der Waals surface area contributed by atoms with Gasteiger partial charge in [0.1, 0.15) is 17.3 Å². The lowest BCUT2D eigenvalue weighted by Gasteiger charge is -2.17. The first-order valence-electron chi connectivity index (χ1n) is 14.0. The van der Waals surface area contributed by atoms with E-state index in [4.69, 9.17) is 14.5 Å². The van der Waals surface area contributed by atoms with Crippen LogP contribution >= 0.6 is 0 Å². The summed E-state index contributed by atoms with van der Waals surface area (Å²) in [6, 6.07) is 21.7. The standard InChI is InChI=1S/C32H28N6O6/c1-18-11-27(37-44-18)30(40)38-16-24(25(17-38)31(41)42)21-6-8-22(9-7-21)34-29(39)14-19-5-10-26-28(13-19)43-32(36-26)35-23-4-2-3-20(12-23)15-33/h2-13,18,24-25,37H,14,16-17H2,1H3,(H,34,39)(H,35,36)(H,41,42). The van der Waals surface area contributed by atoms with Crippen LogP contribution in [-0.4, -0.2) is 52.0 Å². The zero-order valence-electron chi connectivity index (χ0n) is 23.6. The van der Waals surface area contributed by atoms with Gasteiger partial charge < -0.3 is 25.1 Å². The average molecular weight is 593 g/mol. The Morgan fingerprint density at radius 3 is 2.64 bits per heavy atom. The smallest absolute Gasteiger partial charge is 0.308 e. The Hall–Kier alpha value is -5.67. The SMILES string of the molecule is CC1C=C(C(=O)N2CC(C(=O)O)C(c3ccc(NC(=O)Cc4ccc5nc(Nc6cccc(C#N)c6)oc5c4)cc3)C2)NO1. The molecular formula is C32H28N6O6. The molecule has 1 fully saturated rings. The third-order valence-electron chi connectivity index (χ3n) is 7.59. The van der Waals surface area contributed by atoms with Crippen molar-refractivity contribution in [2.75, 3.05) is 23.7 Å². The number of nitrogens with one attached hydrogen (secondary N) is 3. The lowest BCUT2D eigenvalue weighted by atomic mass is 9.89. The first kappa shape index (κ1) is 28.4. The Kier molecular flexibility index (Phi) is 7.70. The van der Waals surface area contributed by atoms with E-state index in [0.29, 0.717) is 33.7 Å². The lowest BCUT2D eigenvalue weighted by molar-refractivity contribution is -0.141. The van der Waals surface area contributed by atoms with Gasteiger partial charge in [-0.3, -0.25) is 24.7 Å².